The molecule has 0 unspecified atom stereocenters. The Morgan fingerprint density at radius 1 is 0.667 bits per heavy atom. The molecule has 4 nitrogen and oxygen atoms in total. The van der Waals surface area contributed by atoms with Crippen LogP contribution in [0, 0.1) is 17.5 Å². The SMILES string of the molecule is Fc1ccc(-c2ccc(-n3ncc(CN4CCN(CCc5ccc(F)cc5F)CC4)c3-c3cccc(Cl)c3)cc2)cc1. The van der Waals surface area contributed by atoms with Crippen LogP contribution in [0.25, 0.3) is 28.1 Å². The molecule has 0 radical (unpaired) electrons. The van der Waals surface area contributed by atoms with Crippen LogP contribution in [0.4, 0.5) is 13.2 Å². The fourth-order valence-electron chi connectivity index (χ4n) is 5.49. The van der Waals surface area contributed by atoms with Crippen molar-refractivity contribution in [3.8, 4) is 28.1 Å². The monoisotopic (exact) mass is 586 g/mol. The van der Waals surface area contributed by atoms with E-state index in [0.717, 1.165) is 79.0 Å². The summed E-state index contributed by atoms with van der Waals surface area (Å²) in [5, 5.41) is 5.45. The second-order valence-corrected chi connectivity index (χ2v) is 11.0. The van der Waals surface area contributed by atoms with E-state index in [1.807, 2.05) is 59.4 Å². The molecule has 0 N–H and O–H groups in total. The van der Waals surface area contributed by atoms with Crippen LogP contribution in [0.15, 0.2) is 97.2 Å². The molecule has 0 spiro atoms. The van der Waals surface area contributed by atoms with Crippen LogP contribution >= 0.6 is 11.6 Å². The van der Waals surface area contributed by atoms with Gasteiger partial charge < -0.3 is 4.90 Å². The van der Waals surface area contributed by atoms with Gasteiger partial charge in [0.1, 0.15) is 17.5 Å². The van der Waals surface area contributed by atoms with Crippen molar-refractivity contribution in [1.29, 1.82) is 0 Å². The van der Waals surface area contributed by atoms with E-state index in [0.29, 0.717) is 17.0 Å². The van der Waals surface area contributed by atoms with Crippen LogP contribution in [0.2, 0.25) is 5.02 Å². The molecule has 0 amide bonds. The third-order valence-electron chi connectivity index (χ3n) is 7.80. The first-order valence-corrected chi connectivity index (χ1v) is 14.4. The molecule has 4 aromatic carbocycles. The fourth-order valence-corrected chi connectivity index (χ4v) is 5.68. The molecule has 6 rings (SSSR count). The maximum Gasteiger partial charge on any atom is 0.129 e. The minimum atomic E-state index is -0.549. The van der Waals surface area contributed by atoms with E-state index in [2.05, 4.69) is 9.80 Å². The number of benzene rings is 4. The van der Waals surface area contributed by atoms with Gasteiger partial charge in [-0.25, -0.2) is 17.9 Å². The molecule has 0 bridgehead atoms. The van der Waals surface area contributed by atoms with Crippen LogP contribution in [-0.2, 0) is 13.0 Å². The smallest absolute Gasteiger partial charge is 0.129 e. The molecule has 2 heterocycles. The predicted molar refractivity (Wildman–Crippen MR) is 161 cm³/mol. The average molecular weight is 587 g/mol. The van der Waals surface area contributed by atoms with Crippen LogP contribution in [-0.4, -0.2) is 52.3 Å². The van der Waals surface area contributed by atoms with E-state index in [9.17, 15) is 13.2 Å². The maximum absolute atomic E-state index is 14.1. The zero-order valence-electron chi connectivity index (χ0n) is 23.0. The Labute approximate surface area is 248 Å². The Balaban J connectivity index is 1.18. The van der Waals surface area contributed by atoms with Gasteiger partial charge in [-0.15, -0.1) is 0 Å². The molecule has 1 aliphatic rings. The minimum absolute atomic E-state index is 0.257. The van der Waals surface area contributed by atoms with E-state index in [4.69, 9.17) is 16.7 Å². The van der Waals surface area contributed by atoms with Crippen LogP contribution in [0.3, 0.4) is 0 Å². The number of nitrogens with zero attached hydrogens (tertiary/aromatic N) is 4. The Morgan fingerprint density at radius 2 is 1.33 bits per heavy atom. The molecule has 8 heteroatoms. The van der Waals surface area contributed by atoms with Gasteiger partial charge in [0, 0.05) is 61.5 Å². The molecule has 0 atom stereocenters. The third kappa shape index (κ3) is 6.44. The Bertz CT molecular complexity index is 1660. The lowest BCUT2D eigenvalue weighted by atomic mass is 10.0. The first-order chi connectivity index (χ1) is 20.4. The van der Waals surface area contributed by atoms with Crippen molar-refractivity contribution in [3.63, 3.8) is 0 Å². The van der Waals surface area contributed by atoms with Gasteiger partial charge in [-0.1, -0.05) is 54.1 Å². The molecule has 42 heavy (non-hydrogen) atoms. The van der Waals surface area contributed by atoms with E-state index in [1.165, 1.54) is 24.3 Å². The highest BCUT2D eigenvalue weighted by molar-refractivity contribution is 6.30. The summed E-state index contributed by atoms with van der Waals surface area (Å²) in [6.07, 6.45) is 2.48. The van der Waals surface area contributed by atoms with Crippen molar-refractivity contribution in [2.45, 2.75) is 13.0 Å². The molecular formula is C34H30ClF3N4. The van der Waals surface area contributed by atoms with Gasteiger partial charge in [-0.3, -0.25) is 4.90 Å². The Kier molecular flexibility index (Phi) is 8.42. The van der Waals surface area contributed by atoms with Crippen molar-refractivity contribution < 1.29 is 13.2 Å². The summed E-state index contributed by atoms with van der Waals surface area (Å²) in [6.45, 7) is 4.95. The number of hydrogen-bond donors (Lipinski definition) is 0. The first kappa shape index (κ1) is 28.2. The van der Waals surface area contributed by atoms with Crippen LogP contribution in [0.1, 0.15) is 11.1 Å². The Hall–Kier alpha value is -3.91. The second kappa shape index (κ2) is 12.5. The van der Waals surface area contributed by atoms with Gasteiger partial charge in [0.15, 0.2) is 0 Å². The minimum Gasteiger partial charge on any atom is -0.300 e. The largest absolute Gasteiger partial charge is 0.300 e. The highest BCUT2D eigenvalue weighted by Gasteiger charge is 2.21. The summed E-state index contributed by atoms with van der Waals surface area (Å²) in [5.41, 5.74) is 6.47. The first-order valence-electron chi connectivity index (χ1n) is 14.0. The highest BCUT2D eigenvalue weighted by Crippen LogP contribution is 2.31. The van der Waals surface area contributed by atoms with Crippen molar-refractivity contribution in [2.75, 3.05) is 32.7 Å². The van der Waals surface area contributed by atoms with Crippen LogP contribution < -0.4 is 0 Å². The molecule has 1 aliphatic heterocycles. The topological polar surface area (TPSA) is 24.3 Å². The van der Waals surface area contributed by atoms with E-state index >= 15 is 0 Å². The molecule has 0 aliphatic carbocycles. The van der Waals surface area contributed by atoms with Crippen molar-refractivity contribution in [3.05, 3.63) is 131 Å². The number of aromatic nitrogens is 2. The highest BCUT2D eigenvalue weighted by atomic mass is 35.5. The van der Waals surface area contributed by atoms with E-state index in [1.54, 1.807) is 12.1 Å². The van der Waals surface area contributed by atoms with Crippen molar-refractivity contribution in [1.82, 2.24) is 19.6 Å². The lowest BCUT2D eigenvalue weighted by Gasteiger charge is -2.34. The number of piperazine rings is 1. The molecule has 5 aromatic rings. The zero-order valence-corrected chi connectivity index (χ0v) is 23.7. The van der Waals surface area contributed by atoms with Gasteiger partial charge in [0.25, 0.3) is 0 Å². The lowest BCUT2D eigenvalue weighted by Crippen LogP contribution is -2.46. The van der Waals surface area contributed by atoms with E-state index < -0.39 is 11.6 Å². The predicted octanol–water partition coefficient (Wildman–Crippen LogP) is 7.64. The number of hydrogen-bond acceptors (Lipinski definition) is 3. The lowest BCUT2D eigenvalue weighted by molar-refractivity contribution is 0.128. The van der Waals surface area contributed by atoms with E-state index in [-0.39, 0.29) is 5.82 Å². The van der Waals surface area contributed by atoms with Crippen molar-refractivity contribution in [2.24, 2.45) is 0 Å². The standard InChI is InChI=1S/C34H30ClF3N4/c35-29-3-1-2-27(20-29)34-28(22-39-42(34)32-12-7-25(8-13-32)24-4-9-30(36)10-5-24)23-41-18-16-40(17-19-41)15-14-26-6-11-31(37)21-33(26)38/h1-13,20-22H,14-19,23H2. The Morgan fingerprint density at radius 3 is 2.02 bits per heavy atom. The summed E-state index contributed by atoms with van der Waals surface area (Å²) in [4.78, 5) is 4.73. The quantitative estimate of drug-likeness (QED) is 0.187. The molecule has 1 saturated heterocycles. The van der Waals surface area contributed by atoms with Crippen LogP contribution in [0.5, 0.6) is 0 Å². The van der Waals surface area contributed by atoms with Crippen molar-refractivity contribution >= 4 is 11.6 Å². The van der Waals surface area contributed by atoms with Gasteiger partial charge in [-0.05, 0) is 65.6 Å². The molecule has 1 fully saturated rings. The maximum atomic E-state index is 14.1. The number of rotatable bonds is 8. The average Bonchev–Trinajstić information content (AvgIpc) is 3.41. The van der Waals surface area contributed by atoms with Gasteiger partial charge in [0.2, 0.25) is 0 Å². The molecule has 1 aromatic heterocycles. The second-order valence-electron chi connectivity index (χ2n) is 10.6. The fraction of sp³-hybridized carbons (Fsp3) is 0.206. The zero-order chi connectivity index (χ0) is 29.1. The summed E-state index contributed by atoms with van der Waals surface area (Å²) >= 11 is 6.40. The number of halogens is 4. The van der Waals surface area contributed by atoms with Gasteiger partial charge in [-0.2, -0.15) is 5.10 Å². The molecule has 0 saturated carbocycles. The summed E-state index contributed by atoms with van der Waals surface area (Å²) in [5.74, 6) is -1.29. The normalized spacial score (nSPS) is 14.4. The third-order valence-corrected chi connectivity index (χ3v) is 8.04. The summed E-state index contributed by atoms with van der Waals surface area (Å²) < 4.78 is 42.6. The summed E-state index contributed by atoms with van der Waals surface area (Å²) in [7, 11) is 0. The van der Waals surface area contributed by atoms with Gasteiger partial charge >= 0.3 is 0 Å². The summed E-state index contributed by atoms with van der Waals surface area (Å²) in [6, 6.07) is 26.1. The molecular weight excluding hydrogens is 557 g/mol. The molecule has 214 valence electrons. The van der Waals surface area contributed by atoms with Gasteiger partial charge in [0.05, 0.1) is 17.6 Å².